The van der Waals surface area contributed by atoms with Crippen LogP contribution in [0.3, 0.4) is 0 Å². The van der Waals surface area contributed by atoms with Crippen molar-refractivity contribution in [2.45, 2.75) is 82.8 Å². The molecule has 1 saturated heterocycles. The molecule has 2 aliphatic rings. The van der Waals surface area contributed by atoms with Crippen LogP contribution in [0, 0.1) is 24.5 Å². The van der Waals surface area contributed by atoms with Gasteiger partial charge in [0.25, 0.3) is 0 Å². The third-order valence-corrected chi connectivity index (χ3v) is 9.07. The van der Waals surface area contributed by atoms with Crippen LogP contribution in [0.2, 0.25) is 0 Å². The van der Waals surface area contributed by atoms with Gasteiger partial charge in [0, 0.05) is 25.3 Å². The highest BCUT2D eigenvalue weighted by Crippen LogP contribution is 2.44. The number of benzene rings is 1. The van der Waals surface area contributed by atoms with Crippen LogP contribution in [0.5, 0.6) is 0 Å². The monoisotopic (exact) mass is 736 g/mol. The van der Waals surface area contributed by atoms with Crippen LogP contribution in [0.25, 0.3) is 11.2 Å². The average molecular weight is 737 g/mol. The van der Waals surface area contributed by atoms with E-state index in [4.69, 9.17) is 9.47 Å². The lowest BCUT2D eigenvalue weighted by molar-refractivity contribution is -0.137. The number of fused-ring (bicyclic) bond motifs is 2. The predicted molar refractivity (Wildman–Crippen MR) is 179 cm³/mol. The summed E-state index contributed by atoms with van der Waals surface area (Å²) in [5, 5.41) is 1.60. The topological polar surface area (TPSA) is 131 Å². The largest absolute Gasteiger partial charge is 0.444 e. The number of carbonyl (C=O) groups is 2. The van der Waals surface area contributed by atoms with Gasteiger partial charge in [-0.1, -0.05) is 12.1 Å². The van der Waals surface area contributed by atoms with Crippen molar-refractivity contribution >= 4 is 34.7 Å². The second-order valence-corrected chi connectivity index (χ2v) is 13.6. The van der Waals surface area contributed by atoms with E-state index in [1.807, 2.05) is 0 Å². The summed E-state index contributed by atoms with van der Waals surface area (Å²) in [4.78, 5) is 50.6. The molecule has 274 valence electrons. The molecule has 2 N–H and O–H groups in total. The van der Waals surface area contributed by atoms with E-state index in [0.717, 1.165) is 12.1 Å². The van der Waals surface area contributed by atoms with Gasteiger partial charge in [-0.15, -0.1) is 24.2 Å². The van der Waals surface area contributed by atoms with E-state index in [1.165, 1.54) is 17.0 Å². The molecule has 0 unspecified atom stereocenters. The van der Waals surface area contributed by atoms with E-state index < -0.39 is 52.8 Å². The Labute approximate surface area is 294 Å². The zero-order valence-electron chi connectivity index (χ0n) is 28.0. The zero-order valence-corrected chi connectivity index (χ0v) is 28.8. The third-order valence-electron chi connectivity index (χ3n) is 7.84. The molecule has 51 heavy (non-hydrogen) atoms. The molecule has 0 spiro atoms. The van der Waals surface area contributed by atoms with Gasteiger partial charge >= 0.3 is 24.1 Å². The van der Waals surface area contributed by atoms with Crippen LogP contribution in [-0.4, -0.2) is 55.3 Å². The van der Waals surface area contributed by atoms with Crippen molar-refractivity contribution in [2.75, 3.05) is 13.1 Å². The molecule has 1 aromatic carbocycles. The summed E-state index contributed by atoms with van der Waals surface area (Å²) in [6, 6.07) is 7.68. The van der Waals surface area contributed by atoms with Gasteiger partial charge in [-0.2, -0.15) is 13.2 Å². The number of aromatic amines is 1. The molecule has 17 heteroatoms. The van der Waals surface area contributed by atoms with Crippen molar-refractivity contribution in [1.29, 1.82) is 0 Å². The average Bonchev–Trinajstić information content (AvgIpc) is 3.63. The minimum absolute atomic E-state index is 0.00182. The Balaban J connectivity index is 0.000000508. The summed E-state index contributed by atoms with van der Waals surface area (Å²) >= 11 is 0.439. The minimum atomic E-state index is -4.69. The number of aromatic nitrogens is 4. The number of nitrogens with one attached hydrogen (secondary N) is 2. The first-order valence-electron chi connectivity index (χ1n) is 15.9. The normalized spacial score (nSPS) is 17.9. The maximum atomic E-state index is 13.6. The number of H-pyrrole nitrogens is 1. The molecular formula is C34H37F5N6O5S. The summed E-state index contributed by atoms with van der Waals surface area (Å²) in [6.45, 7) is 5.67. The van der Waals surface area contributed by atoms with Crippen molar-refractivity contribution in [1.82, 2.24) is 29.7 Å². The second kappa shape index (κ2) is 16.4. The number of hydrogen-bond donors (Lipinski definition) is 2. The number of ether oxygens (including phenoxy) is 2. The Hall–Kier alpha value is -4.98. The van der Waals surface area contributed by atoms with Gasteiger partial charge in [-0.25, -0.2) is 33.1 Å². The molecule has 1 aliphatic heterocycles. The maximum absolute atomic E-state index is 13.6. The van der Waals surface area contributed by atoms with E-state index in [9.17, 15) is 36.3 Å². The molecule has 0 bridgehead atoms. The highest BCUT2D eigenvalue weighted by atomic mass is 32.1. The Bertz CT molecular complexity index is 1870. The number of terminal acetylenes is 1. The van der Waals surface area contributed by atoms with Crippen LogP contribution in [-0.2, 0) is 15.7 Å². The van der Waals surface area contributed by atoms with Gasteiger partial charge in [0.1, 0.15) is 11.7 Å². The Morgan fingerprint density at radius 2 is 1.65 bits per heavy atom. The van der Waals surface area contributed by atoms with E-state index in [1.54, 1.807) is 43.7 Å². The standard InChI is InChI=1S/C26H31F3N6O5S.C6H4F2.C2H2/c1-25(2,3)40-23(37)31-15-6-4-8-17(18-19(15)41-21(32-18)26(27,28)29)39-24(38)34-12-9-14(10-13-34)35-16-7-5-11-30-20(16)33-22(35)36;7-5-3-1-2-4-6(5)8;1-2/h5,7,11,14-15,17H,4,6,8-10,12-13H2,1-3H3,(H,31,37)(H,30,33,36);1-4H;1-2H/t15-,17+;;/m0../s1. The Kier molecular flexibility index (Phi) is 12.5. The van der Waals surface area contributed by atoms with E-state index in [0.29, 0.717) is 61.3 Å². The lowest BCUT2D eigenvalue weighted by Gasteiger charge is -2.32. The molecule has 3 aromatic heterocycles. The number of hydrogen-bond acceptors (Lipinski definition) is 8. The zero-order chi connectivity index (χ0) is 37.5. The molecule has 0 radical (unpaired) electrons. The van der Waals surface area contributed by atoms with Crippen molar-refractivity contribution in [3.63, 3.8) is 0 Å². The Morgan fingerprint density at radius 1 is 1.00 bits per heavy atom. The number of rotatable bonds is 3. The SMILES string of the molecule is C#C.CC(C)(C)OC(=O)N[C@H]1CCC[C@@H](OC(=O)N2CCC(n3c(=O)[nH]c4ncccc43)CC2)c2nc(C(F)(F)F)sc21.Fc1ccccc1F. The fourth-order valence-electron chi connectivity index (χ4n) is 5.69. The number of halogens is 5. The first kappa shape index (κ1) is 38.8. The van der Waals surface area contributed by atoms with Crippen LogP contribution in [0.1, 0.15) is 86.6 Å². The van der Waals surface area contributed by atoms with Crippen molar-refractivity contribution in [3.8, 4) is 12.8 Å². The number of pyridine rings is 1. The molecule has 1 aliphatic carbocycles. The number of imidazole rings is 1. The Morgan fingerprint density at radius 3 is 2.24 bits per heavy atom. The van der Waals surface area contributed by atoms with Crippen molar-refractivity contribution in [2.24, 2.45) is 0 Å². The highest BCUT2D eigenvalue weighted by molar-refractivity contribution is 7.12. The molecule has 2 atom stereocenters. The molecule has 1 fully saturated rings. The maximum Gasteiger partial charge on any atom is 0.443 e. The lowest BCUT2D eigenvalue weighted by Crippen LogP contribution is -2.41. The molecule has 4 heterocycles. The first-order chi connectivity index (χ1) is 24.1. The molecule has 4 aromatic rings. The number of nitrogens with zero attached hydrogens (tertiary/aromatic N) is 4. The van der Waals surface area contributed by atoms with Gasteiger partial charge in [-0.05, 0) is 77.1 Å². The lowest BCUT2D eigenvalue weighted by atomic mass is 10.1. The third kappa shape index (κ3) is 9.84. The summed E-state index contributed by atoms with van der Waals surface area (Å²) in [5.74, 6) is -1.60. The number of piperidine rings is 1. The van der Waals surface area contributed by atoms with Crippen LogP contribution in [0.4, 0.5) is 31.5 Å². The molecule has 6 rings (SSSR count). The van der Waals surface area contributed by atoms with Gasteiger partial charge in [0.2, 0.25) is 0 Å². The fraction of sp³-hybridized carbons (Fsp3) is 0.441. The molecule has 0 saturated carbocycles. The summed E-state index contributed by atoms with van der Waals surface area (Å²) < 4.78 is 77.5. The number of alkyl halides is 3. The second-order valence-electron chi connectivity index (χ2n) is 12.6. The number of alkyl carbamates (subject to hydrolysis) is 1. The highest BCUT2D eigenvalue weighted by Gasteiger charge is 2.41. The van der Waals surface area contributed by atoms with Gasteiger partial charge in [-0.3, -0.25) is 9.55 Å². The summed E-state index contributed by atoms with van der Waals surface area (Å²) in [5.41, 5.74) is 0.117. The smallest absolute Gasteiger partial charge is 0.443 e. The van der Waals surface area contributed by atoms with Gasteiger partial charge in [0.05, 0.1) is 22.1 Å². The minimum Gasteiger partial charge on any atom is -0.444 e. The van der Waals surface area contributed by atoms with Crippen LogP contribution < -0.4 is 11.0 Å². The van der Waals surface area contributed by atoms with E-state index in [2.05, 4.69) is 33.1 Å². The van der Waals surface area contributed by atoms with Gasteiger partial charge < -0.3 is 19.7 Å². The number of thiazole rings is 1. The van der Waals surface area contributed by atoms with Crippen LogP contribution >= 0.6 is 11.3 Å². The van der Waals surface area contributed by atoms with Crippen molar-refractivity contribution in [3.05, 3.63) is 80.3 Å². The predicted octanol–water partition coefficient (Wildman–Crippen LogP) is 7.68. The quantitative estimate of drug-likeness (QED) is 0.125. The summed E-state index contributed by atoms with van der Waals surface area (Å²) in [6.07, 6.45) is 4.52. The molecule has 2 amide bonds. The summed E-state index contributed by atoms with van der Waals surface area (Å²) in [7, 11) is 0. The number of carbonyl (C=O) groups excluding carboxylic acids is 2. The molecule has 11 nitrogen and oxygen atoms in total. The first-order valence-corrected chi connectivity index (χ1v) is 16.7. The van der Waals surface area contributed by atoms with Crippen molar-refractivity contribution < 1.29 is 41.0 Å². The van der Waals surface area contributed by atoms with E-state index >= 15 is 0 Å². The van der Waals surface area contributed by atoms with E-state index in [-0.39, 0.29) is 28.7 Å². The van der Waals surface area contributed by atoms with Crippen LogP contribution in [0.15, 0.2) is 47.4 Å². The number of likely N-dealkylation sites (tertiary alicyclic amines) is 1. The fourth-order valence-corrected chi connectivity index (χ4v) is 6.75. The molecular weight excluding hydrogens is 699 g/mol. The number of amides is 2. The van der Waals surface area contributed by atoms with Gasteiger partial charge in [0.15, 0.2) is 22.3 Å².